The molecule has 0 spiro atoms. The van der Waals surface area contributed by atoms with Crippen molar-refractivity contribution in [2.75, 3.05) is 18.6 Å². The first-order valence-corrected chi connectivity index (χ1v) is 6.77. The third-order valence-electron chi connectivity index (χ3n) is 2.71. The number of rotatable bonds is 2. The van der Waals surface area contributed by atoms with Crippen LogP contribution in [0.4, 0.5) is 11.8 Å². The number of hydrogen-bond donors (Lipinski definition) is 2. The van der Waals surface area contributed by atoms with Crippen molar-refractivity contribution in [2.45, 2.75) is 0 Å². The van der Waals surface area contributed by atoms with E-state index in [2.05, 4.69) is 14.7 Å². The lowest BCUT2D eigenvalue weighted by Gasteiger charge is -2.09. The molecule has 0 amide bonds. The van der Waals surface area contributed by atoms with Crippen LogP contribution in [0, 0.1) is 14.9 Å². The van der Waals surface area contributed by atoms with Gasteiger partial charge in [0.15, 0.2) is 0 Å². The van der Waals surface area contributed by atoms with Crippen LogP contribution >= 0.6 is 22.6 Å². The number of benzene rings is 1. The Hall–Kier alpha value is -2.41. The van der Waals surface area contributed by atoms with Gasteiger partial charge in [0.1, 0.15) is 17.5 Å². The Labute approximate surface area is 134 Å². The Morgan fingerprint density at radius 2 is 2.10 bits per heavy atom. The van der Waals surface area contributed by atoms with E-state index in [1.165, 1.54) is 7.11 Å². The molecule has 2 aromatic rings. The number of hydrogen-bond acceptors (Lipinski definition) is 7. The lowest BCUT2D eigenvalue weighted by atomic mass is 10.1. The van der Waals surface area contributed by atoms with Crippen LogP contribution in [0.3, 0.4) is 0 Å². The maximum Gasteiger partial charge on any atom is 0.338 e. The molecule has 1 aromatic carbocycles. The Morgan fingerprint density at radius 1 is 1.38 bits per heavy atom. The average Bonchev–Trinajstić information content (AvgIpc) is 2.45. The number of carbonyl (C=O) groups excluding carboxylic acids is 1. The lowest BCUT2D eigenvalue weighted by molar-refractivity contribution is 0.0599. The highest BCUT2D eigenvalue weighted by Gasteiger charge is 2.16. The molecule has 8 heteroatoms. The van der Waals surface area contributed by atoms with Gasteiger partial charge < -0.3 is 16.2 Å². The Morgan fingerprint density at radius 3 is 2.67 bits per heavy atom. The largest absolute Gasteiger partial charge is 0.465 e. The fourth-order valence-electron chi connectivity index (χ4n) is 1.75. The fraction of sp³-hybridized carbons (Fsp3) is 0.0769. The number of nitriles is 1. The molecule has 0 radical (unpaired) electrons. The van der Waals surface area contributed by atoms with Gasteiger partial charge in [-0.1, -0.05) is 6.07 Å². The highest BCUT2D eigenvalue weighted by Crippen LogP contribution is 2.28. The molecular formula is C13H10IN5O2. The van der Waals surface area contributed by atoms with E-state index in [4.69, 9.17) is 11.5 Å². The van der Waals surface area contributed by atoms with Crippen molar-refractivity contribution in [3.05, 3.63) is 32.9 Å². The Bertz CT molecular complexity index is 770. The van der Waals surface area contributed by atoms with E-state index in [0.717, 1.165) is 0 Å². The first-order valence-electron chi connectivity index (χ1n) is 5.69. The third kappa shape index (κ3) is 2.87. The van der Waals surface area contributed by atoms with Crippen LogP contribution in [0.15, 0.2) is 18.2 Å². The molecule has 21 heavy (non-hydrogen) atoms. The third-order valence-corrected chi connectivity index (χ3v) is 3.61. The van der Waals surface area contributed by atoms with Crippen molar-refractivity contribution < 1.29 is 9.53 Å². The summed E-state index contributed by atoms with van der Waals surface area (Å²) in [6, 6.07) is 6.91. The van der Waals surface area contributed by atoms with Gasteiger partial charge >= 0.3 is 5.97 Å². The average molecular weight is 395 g/mol. The maximum atomic E-state index is 11.6. The van der Waals surface area contributed by atoms with Gasteiger partial charge in [-0.25, -0.2) is 9.78 Å². The van der Waals surface area contributed by atoms with Crippen LogP contribution < -0.4 is 11.5 Å². The predicted molar refractivity (Wildman–Crippen MR) is 85.1 cm³/mol. The van der Waals surface area contributed by atoms with Crippen molar-refractivity contribution in [3.63, 3.8) is 0 Å². The molecule has 0 atom stereocenters. The lowest BCUT2D eigenvalue weighted by Crippen LogP contribution is -2.06. The first kappa shape index (κ1) is 15.0. The summed E-state index contributed by atoms with van der Waals surface area (Å²) >= 11 is 2.00. The highest BCUT2D eigenvalue weighted by molar-refractivity contribution is 14.1. The summed E-state index contributed by atoms with van der Waals surface area (Å²) in [5.41, 5.74) is 12.8. The van der Waals surface area contributed by atoms with Crippen molar-refractivity contribution >= 4 is 40.3 Å². The molecule has 0 saturated heterocycles. The molecule has 0 unspecified atom stereocenters. The highest BCUT2D eigenvalue weighted by atomic mass is 127. The van der Waals surface area contributed by atoms with Gasteiger partial charge in [-0.2, -0.15) is 10.2 Å². The summed E-state index contributed by atoms with van der Waals surface area (Å²) in [5.74, 6) is -0.436. The summed E-state index contributed by atoms with van der Waals surface area (Å²) in [6.45, 7) is 0. The predicted octanol–water partition coefficient (Wildman–Crippen LogP) is 1.57. The number of halogens is 1. The number of anilines is 2. The number of aromatic nitrogens is 2. The van der Waals surface area contributed by atoms with Crippen molar-refractivity contribution in [3.8, 4) is 17.3 Å². The molecule has 106 valence electrons. The van der Waals surface area contributed by atoms with E-state index in [9.17, 15) is 10.1 Å². The minimum absolute atomic E-state index is 0.0199. The van der Waals surface area contributed by atoms with Crippen LogP contribution in [-0.4, -0.2) is 23.0 Å². The van der Waals surface area contributed by atoms with E-state index in [1.807, 2.05) is 28.7 Å². The molecule has 4 N–H and O–H groups in total. The normalized spacial score (nSPS) is 9.95. The van der Waals surface area contributed by atoms with Crippen LogP contribution in [-0.2, 0) is 4.74 Å². The standard InChI is InChI=1S/C13H10IN5O2/c1-21-12(20)7-3-2-6(4-9(7)14)10-8(5-15)11(16)19-13(17)18-10/h2-4H,1H3,(H4,16,17,18,19). The number of nitrogen functional groups attached to an aromatic ring is 2. The minimum atomic E-state index is -0.437. The van der Waals surface area contributed by atoms with Gasteiger partial charge in [-0.3, -0.25) is 0 Å². The van der Waals surface area contributed by atoms with Gasteiger partial charge in [0.05, 0.1) is 18.4 Å². The van der Waals surface area contributed by atoms with Gasteiger partial charge in [0.25, 0.3) is 0 Å². The van der Waals surface area contributed by atoms with Gasteiger partial charge in [-0.05, 0) is 34.7 Å². The second kappa shape index (κ2) is 5.92. The zero-order chi connectivity index (χ0) is 15.6. The van der Waals surface area contributed by atoms with Gasteiger partial charge in [0.2, 0.25) is 5.95 Å². The molecule has 0 fully saturated rings. The molecule has 0 saturated carbocycles. The molecule has 1 aromatic heterocycles. The summed E-state index contributed by atoms with van der Waals surface area (Å²) < 4.78 is 5.35. The molecule has 2 rings (SSSR count). The Kier molecular flexibility index (Phi) is 4.23. The molecule has 0 bridgehead atoms. The number of nitrogens with zero attached hydrogens (tertiary/aromatic N) is 3. The van der Waals surface area contributed by atoms with Crippen molar-refractivity contribution in [1.82, 2.24) is 9.97 Å². The van der Waals surface area contributed by atoms with Crippen LogP contribution in [0.2, 0.25) is 0 Å². The Balaban J connectivity index is 2.61. The number of ether oxygens (including phenoxy) is 1. The smallest absolute Gasteiger partial charge is 0.338 e. The maximum absolute atomic E-state index is 11.6. The minimum Gasteiger partial charge on any atom is -0.465 e. The van der Waals surface area contributed by atoms with Gasteiger partial charge in [0, 0.05) is 9.13 Å². The topological polar surface area (TPSA) is 128 Å². The number of nitrogens with two attached hydrogens (primary N) is 2. The fourth-order valence-corrected chi connectivity index (χ4v) is 2.49. The van der Waals surface area contributed by atoms with Crippen LogP contribution in [0.5, 0.6) is 0 Å². The number of esters is 1. The molecule has 7 nitrogen and oxygen atoms in total. The molecule has 0 aliphatic heterocycles. The van der Waals surface area contributed by atoms with E-state index in [-0.39, 0.29) is 17.3 Å². The quantitative estimate of drug-likeness (QED) is 0.584. The van der Waals surface area contributed by atoms with Gasteiger partial charge in [-0.15, -0.1) is 0 Å². The zero-order valence-electron chi connectivity index (χ0n) is 10.9. The summed E-state index contributed by atoms with van der Waals surface area (Å²) in [5, 5.41) is 9.17. The zero-order valence-corrected chi connectivity index (χ0v) is 13.1. The van der Waals surface area contributed by atoms with E-state index in [0.29, 0.717) is 20.4 Å². The van der Waals surface area contributed by atoms with Crippen molar-refractivity contribution in [2.24, 2.45) is 0 Å². The van der Waals surface area contributed by atoms with Crippen LogP contribution in [0.25, 0.3) is 11.3 Å². The first-order chi connectivity index (χ1) is 9.97. The monoisotopic (exact) mass is 395 g/mol. The summed E-state index contributed by atoms with van der Waals surface area (Å²) in [7, 11) is 1.31. The van der Waals surface area contributed by atoms with Crippen molar-refractivity contribution in [1.29, 1.82) is 5.26 Å². The SMILES string of the molecule is COC(=O)c1ccc(-c2nc(N)nc(N)c2C#N)cc1I. The van der Waals surface area contributed by atoms with E-state index in [1.54, 1.807) is 18.2 Å². The van der Waals surface area contributed by atoms with Crippen LogP contribution in [0.1, 0.15) is 15.9 Å². The van der Waals surface area contributed by atoms with E-state index < -0.39 is 5.97 Å². The molecule has 1 heterocycles. The molecule has 0 aliphatic rings. The van der Waals surface area contributed by atoms with E-state index >= 15 is 0 Å². The molecular weight excluding hydrogens is 385 g/mol. The summed E-state index contributed by atoms with van der Waals surface area (Å²) in [6.07, 6.45) is 0. The summed E-state index contributed by atoms with van der Waals surface area (Å²) in [4.78, 5) is 19.4. The number of carbonyl (C=O) groups is 1. The second-order valence-electron chi connectivity index (χ2n) is 3.99. The second-order valence-corrected chi connectivity index (χ2v) is 5.15. The molecule has 0 aliphatic carbocycles. The number of methoxy groups -OCH3 is 1.